The minimum absolute atomic E-state index is 0.339. The standard InChI is InChI=1S/C25H42N4/c1-21-5-6-23(26-19-21)28-17-11-25(12-18-28)9-15-27(16-10-25)20-22-7-13-29(14-8-22)24(2,3)4/h5-6,19,22H,7-18,20H2,1-4H3. The third-order valence-electron chi connectivity index (χ3n) is 8.04. The Morgan fingerprint density at radius 1 is 0.931 bits per heavy atom. The van der Waals surface area contributed by atoms with E-state index >= 15 is 0 Å². The molecule has 0 atom stereocenters. The van der Waals surface area contributed by atoms with Gasteiger partial charge in [-0.05, 0) is 115 Å². The van der Waals surface area contributed by atoms with E-state index in [1.165, 1.54) is 95.7 Å². The Morgan fingerprint density at radius 2 is 1.55 bits per heavy atom. The second kappa shape index (κ2) is 8.55. The number of rotatable bonds is 3. The highest BCUT2D eigenvalue weighted by atomic mass is 15.2. The van der Waals surface area contributed by atoms with Gasteiger partial charge in [0.25, 0.3) is 0 Å². The summed E-state index contributed by atoms with van der Waals surface area (Å²) in [7, 11) is 0. The topological polar surface area (TPSA) is 22.6 Å². The Morgan fingerprint density at radius 3 is 2.10 bits per heavy atom. The molecular formula is C25H42N4. The van der Waals surface area contributed by atoms with Crippen LogP contribution in [0.4, 0.5) is 5.82 Å². The molecule has 29 heavy (non-hydrogen) atoms. The summed E-state index contributed by atoms with van der Waals surface area (Å²) in [6, 6.07) is 4.39. The summed E-state index contributed by atoms with van der Waals surface area (Å²) >= 11 is 0. The summed E-state index contributed by atoms with van der Waals surface area (Å²) < 4.78 is 0. The first kappa shape index (κ1) is 21.1. The normalized spacial score (nSPS) is 24.9. The first-order valence-electron chi connectivity index (χ1n) is 12.0. The second-order valence-corrected chi connectivity index (χ2v) is 11.1. The van der Waals surface area contributed by atoms with Gasteiger partial charge in [0.2, 0.25) is 0 Å². The van der Waals surface area contributed by atoms with Crippen LogP contribution in [-0.2, 0) is 0 Å². The predicted molar refractivity (Wildman–Crippen MR) is 123 cm³/mol. The third kappa shape index (κ3) is 5.14. The van der Waals surface area contributed by atoms with Crippen LogP contribution in [0.5, 0.6) is 0 Å². The fourth-order valence-electron chi connectivity index (χ4n) is 5.72. The van der Waals surface area contributed by atoms with Crippen LogP contribution in [0.15, 0.2) is 18.3 Å². The van der Waals surface area contributed by atoms with Crippen molar-refractivity contribution in [3.8, 4) is 0 Å². The molecule has 4 heterocycles. The summed E-state index contributed by atoms with van der Waals surface area (Å²) in [5.74, 6) is 2.08. The Kier molecular flexibility index (Phi) is 6.22. The molecule has 0 aromatic carbocycles. The van der Waals surface area contributed by atoms with Gasteiger partial charge in [0.05, 0.1) is 0 Å². The fraction of sp³-hybridized carbons (Fsp3) is 0.800. The molecule has 4 rings (SSSR count). The number of anilines is 1. The molecule has 3 fully saturated rings. The Balaban J connectivity index is 1.21. The molecule has 3 aliphatic rings. The molecule has 0 amide bonds. The van der Waals surface area contributed by atoms with Crippen LogP contribution in [0.2, 0.25) is 0 Å². The maximum Gasteiger partial charge on any atom is 0.128 e. The van der Waals surface area contributed by atoms with E-state index in [1.807, 2.05) is 6.20 Å². The molecule has 4 heteroatoms. The number of likely N-dealkylation sites (tertiary alicyclic amines) is 2. The Hall–Kier alpha value is -1.13. The monoisotopic (exact) mass is 398 g/mol. The maximum absolute atomic E-state index is 4.65. The molecule has 0 aliphatic carbocycles. The summed E-state index contributed by atoms with van der Waals surface area (Å²) in [5, 5.41) is 0. The van der Waals surface area contributed by atoms with Crippen molar-refractivity contribution in [1.29, 1.82) is 0 Å². The number of hydrogen-bond acceptors (Lipinski definition) is 4. The van der Waals surface area contributed by atoms with Crippen molar-refractivity contribution in [2.75, 3.05) is 50.7 Å². The first-order chi connectivity index (χ1) is 13.8. The van der Waals surface area contributed by atoms with Gasteiger partial charge in [0.1, 0.15) is 5.82 Å². The molecular weight excluding hydrogens is 356 g/mol. The van der Waals surface area contributed by atoms with E-state index < -0.39 is 0 Å². The highest BCUT2D eigenvalue weighted by Gasteiger charge is 2.38. The number of aromatic nitrogens is 1. The second-order valence-electron chi connectivity index (χ2n) is 11.1. The van der Waals surface area contributed by atoms with Crippen molar-refractivity contribution in [2.45, 2.75) is 71.8 Å². The van der Waals surface area contributed by atoms with Crippen molar-refractivity contribution >= 4 is 5.82 Å². The van der Waals surface area contributed by atoms with Crippen LogP contribution in [0.1, 0.15) is 64.9 Å². The lowest BCUT2D eigenvalue weighted by Crippen LogP contribution is -2.50. The summed E-state index contributed by atoms with van der Waals surface area (Å²) in [6.45, 7) is 18.1. The Labute approximate surface area is 178 Å². The molecule has 3 aliphatic heterocycles. The molecule has 0 radical (unpaired) electrons. The fourth-order valence-corrected chi connectivity index (χ4v) is 5.72. The molecule has 4 nitrogen and oxygen atoms in total. The van der Waals surface area contributed by atoms with Crippen LogP contribution in [0, 0.1) is 18.3 Å². The van der Waals surface area contributed by atoms with Crippen molar-refractivity contribution in [1.82, 2.24) is 14.8 Å². The van der Waals surface area contributed by atoms with E-state index in [1.54, 1.807) is 0 Å². The van der Waals surface area contributed by atoms with Crippen molar-refractivity contribution in [2.24, 2.45) is 11.3 Å². The minimum Gasteiger partial charge on any atom is -0.357 e. The van der Waals surface area contributed by atoms with Crippen molar-refractivity contribution < 1.29 is 0 Å². The van der Waals surface area contributed by atoms with Gasteiger partial charge >= 0.3 is 0 Å². The SMILES string of the molecule is Cc1ccc(N2CCC3(CCN(CC4CCN(C(C)(C)C)CC4)CC3)CC2)nc1. The van der Waals surface area contributed by atoms with Crippen LogP contribution in [0.3, 0.4) is 0 Å². The van der Waals surface area contributed by atoms with Crippen molar-refractivity contribution in [3.05, 3.63) is 23.9 Å². The zero-order valence-electron chi connectivity index (χ0n) is 19.3. The smallest absolute Gasteiger partial charge is 0.128 e. The zero-order valence-corrected chi connectivity index (χ0v) is 19.3. The number of aryl methyl sites for hydroxylation is 1. The molecule has 1 aromatic rings. The highest BCUT2D eigenvalue weighted by molar-refractivity contribution is 5.39. The van der Waals surface area contributed by atoms with Gasteiger partial charge in [-0.1, -0.05) is 6.07 Å². The van der Waals surface area contributed by atoms with Gasteiger partial charge in [0, 0.05) is 31.4 Å². The molecule has 1 spiro atoms. The number of piperidine rings is 3. The lowest BCUT2D eigenvalue weighted by molar-refractivity contribution is 0.0449. The number of pyridine rings is 1. The average Bonchev–Trinajstić information content (AvgIpc) is 2.71. The molecule has 1 aromatic heterocycles. The van der Waals surface area contributed by atoms with Gasteiger partial charge in [0.15, 0.2) is 0 Å². The van der Waals surface area contributed by atoms with Crippen LogP contribution in [0.25, 0.3) is 0 Å². The van der Waals surface area contributed by atoms with Crippen LogP contribution in [-0.4, -0.2) is 66.1 Å². The third-order valence-corrected chi connectivity index (χ3v) is 8.04. The van der Waals surface area contributed by atoms with E-state index in [4.69, 9.17) is 0 Å². The van der Waals surface area contributed by atoms with Crippen LogP contribution >= 0.6 is 0 Å². The van der Waals surface area contributed by atoms with Gasteiger partial charge in [-0.2, -0.15) is 0 Å². The molecule has 0 bridgehead atoms. The van der Waals surface area contributed by atoms with Gasteiger partial charge < -0.3 is 9.80 Å². The van der Waals surface area contributed by atoms with E-state index in [9.17, 15) is 0 Å². The minimum atomic E-state index is 0.339. The zero-order chi connectivity index (χ0) is 20.5. The summed E-state index contributed by atoms with van der Waals surface area (Å²) in [6.07, 6.45) is 10.3. The Bertz CT molecular complexity index is 636. The summed E-state index contributed by atoms with van der Waals surface area (Å²) in [5.41, 5.74) is 2.19. The largest absolute Gasteiger partial charge is 0.357 e. The average molecular weight is 399 g/mol. The van der Waals surface area contributed by atoms with E-state index in [-0.39, 0.29) is 0 Å². The van der Waals surface area contributed by atoms with Crippen LogP contribution < -0.4 is 4.90 Å². The predicted octanol–water partition coefficient (Wildman–Crippen LogP) is 4.58. The quantitative estimate of drug-likeness (QED) is 0.743. The lowest BCUT2D eigenvalue weighted by atomic mass is 9.71. The van der Waals surface area contributed by atoms with Gasteiger partial charge in [-0.3, -0.25) is 4.90 Å². The molecule has 0 N–H and O–H groups in total. The van der Waals surface area contributed by atoms with Gasteiger partial charge in [-0.25, -0.2) is 4.98 Å². The molecule has 0 saturated carbocycles. The van der Waals surface area contributed by atoms with Crippen molar-refractivity contribution in [3.63, 3.8) is 0 Å². The number of hydrogen-bond donors (Lipinski definition) is 0. The van der Waals surface area contributed by atoms with E-state index in [2.05, 4.69) is 59.5 Å². The molecule has 162 valence electrons. The highest BCUT2D eigenvalue weighted by Crippen LogP contribution is 2.42. The molecule has 3 saturated heterocycles. The maximum atomic E-state index is 4.65. The number of nitrogens with zero attached hydrogens (tertiary/aromatic N) is 4. The van der Waals surface area contributed by atoms with E-state index in [0.29, 0.717) is 11.0 Å². The molecule has 0 unspecified atom stereocenters. The first-order valence-corrected chi connectivity index (χ1v) is 12.0. The van der Waals surface area contributed by atoms with Gasteiger partial charge in [-0.15, -0.1) is 0 Å². The lowest BCUT2D eigenvalue weighted by Gasteiger charge is -2.48. The summed E-state index contributed by atoms with van der Waals surface area (Å²) in [4.78, 5) is 12.6. The van der Waals surface area contributed by atoms with E-state index in [0.717, 1.165) is 5.92 Å².